The van der Waals surface area contributed by atoms with Gasteiger partial charge in [-0.1, -0.05) is 6.42 Å². The number of carbonyl (C=O) groups is 1. The number of nitrogens with two attached hydrogens (primary N) is 1. The van der Waals surface area contributed by atoms with Crippen LogP contribution in [0.5, 0.6) is 0 Å². The number of ether oxygens (including phenoxy) is 1. The van der Waals surface area contributed by atoms with E-state index in [1.807, 2.05) is 31.7 Å². The molecule has 2 aliphatic rings. The van der Waals surface area contributed by atoms with E-state index in [4.69, 9.17) is 10.5 Å². The number of primary amides is 1. The number of aromatic nitrogens is 3. The lowest BCUT2D eigenvalue weighted by molar-refractivity contribution is -0.170. The van der Waals surface area contributed by atoms with Gasteiger partial charge in [0.25, 0.3) is 5.91 Å². The number of amides is 1. The van der Waals surface area contributed by atoms with E-state index in [1.165, 1.54) is 12.1 Å². The Labute approximate surface area is 171 Å². The average molecular weight is 406 g/mol. The monoisotopic (exact) mass is 405 g/mol. The van der Waals surface area contributed by atoms with Crippen molar-refractivity contribution in [1.82, 2.24) is 19.4 Å². The maximum absolute atomic E-state index is 11.6. The number of piperidine rings is 1. The number of pyridine rings is 1. The van der Waals surface area contributed by atoms with E-state index in [0.29, 0.717) is 17.5 Å². The third-order valence-electron chi connectivity index (χ3n) is 6.38. The minimum absolute atomic E-state index is 0. The van der Waals surface area contributed by atoms with Gasteiger partial charge < -0.3 is 15.0 Å². The molecule has 4 rings (SSSR count). The van der Waals surface area contributed by atoms with Crippen LogP contribution in [0.2, 0.25) is 0 Å². The molecule has 0 spiro atoms. The summed E-state index contributed by atoms with van der Waals surface area (Å²) in [7, 11) is 3.83. The van der Waals surface area contributed by atoms with Gasteiger partial charge >= 0.3 is 0 Å². The molecule has 1 amide bonds. The van der Waals surface area contributed by atoms with Gasteiger partial charge in [0.2, 0.25) is 0 Å². The number of methoxy groups -OCH3 is 1. The number of halogens is 1. The van der Waals surface area contributed by atoms with Crippen LogP contribution < -0.4 is 5.73 Å². The number of hydrogen-bond donors (Lipinski definition) is 1. The molecule has 2 aromatic rings. The number of nitrogens with zero attached hydrogens (tertiary/aromatic N) is 4. The lowest BCUT2D eigenvalue weighted by Crippen LogP contribution is -2.58. The van der Waals surface area contributed by atoms with Crippen molar-refractivity contribution in [2.24, 2.45) is 24.6 Å². The highest BCUT2D eigenvalue weighted by Gasteiger charge is 2.53. The zero-order valence-corrected chi connectivity index (χ0v) is 17.2. The van der Waals surface area contributed by atoms with Gasteiger partial charge in [0.05, 0.1) is 12.0 Å². The molecular weight excluding hydrogens is 378 g/mol. The lowest BCUT2D eigenvalue weighted by Gasteiger charge is -2.55. The van der Waals surface area contributed by atoms with Crippen molar-refractivity contribution in [1.29, 1.82) is 0 Å². The number of hydrogen-bond acceptors (Lipinski definition) is 5. The van der Waals surface area contributed by atoms with E-state index in [2.05, 4.69) is 19.4 Å². The first-order valence-corrected chi connectivity index (χ1v) is 9.53. The Morgan fingerprint density at radius 2 is 2.07 bits per heavy atom. The van der Waals surface area contributed by atoms with Crippen LogP contribution in [0.4, 0.5) is 0 Å². The molecule has 0 aromatic carbocycles. The van der Waals surface area contributed by atoms with Gasteiger partial charge in [0, 0.05) is 58.0 Å². The second kappa shape index (κ2) is 8.19. The van der Waals surface area contributed by atoms with Crippen LogP contribution in [-0.2, 0) is 23.9 Å². The van der Waals surface area contributed by atoms with E-state index in [1.54, 1.807) is 13.3 Å². The van der Waals surface area contributed by atoms with E-state index >= 15 is 0 Å². The molecule has 7 nitrogen and oxygen atoms in total. The molecule has 2 aromatic heterocycles. The zero-order chi connectivity index (χ0) is 19.0. The minimum Gasteiger partial charge on any atom is -0.373 e. The summed E-state index contributed by atoms with van der Waals surface area (Å²) >= 11 is 0. The molecule has 1 aliphatic heterocycles. The quantitative estimate of drug-likeness (QED) is 0.823. The summed E-state index contributed by atoms with van der Waals surface area (Å²) < 4.78 is 8.33. The summed E-state index contributed by atoms with van der Waals surface area (Å²) in [4.78, 5) is 22.5. The number of likely N-dealkylation sites (tertiary alicyclic amines) is 1. The Morgan fingerprint density at radius 3 is 2.64 bits per heavy atom. The van der Waals surface area contributed by atoms with Gasteiger partial charge in [-0.15, -0.1) is 12.4 Å². The second-order valence-corrected chi connectivity index (χ2v) is 7.81. The van der Waals surface area contributed by atoms with Gasteiger partial charge in [-0.3, -0.25) is 14.7 Å². The molecule has 3 atom stereocenters. The van der Waals surface area contributed by atoms with E-state index < -0.39 is 5.91 Å². The summed E-state index contributed by atoms with van der Waals surface area (Å²) in [6.45, 7) is 2.82. The molecule has 2 fully saturated rings. The standard InChI is InChI=1S/C20H27N5O2.ClH/c1-24-13-22-9-17(24)12-25-10-15-4-3-5-16(11-25)20(15,27-2)14-6-7-23-18(8-14)19(21)26;/h6-9,13,15-16H,3-5,10-12H2,1-2H3,(H2,21,26);1H/t15-,16+,20?;. The first-order valence-electron chi connectivity index (χ1n) is 9.53. The van der Waals surface area contributed by atoms with Gasteiger partial charge in [-0.05, 0) is 30.5 Å². The molecule has 8 heteroatoms. The fourth-order valence-corrected chi connectivity index (χ4v) is 5.15. The molecule has 2 N–H and O–H groups in total. The first-order chi connectivity index (χ1) is 13.0. The van der Waals surface area contributed by atoms with Crippen molar-refractivity contribution in [2.75, 3.05) is 20.2 Å². The SMILES string of the molecule is COC1(c2ccnc(C(N)=O)c2)[C@@H]2CCC[C@H]1CN(Cc1cncn1C)C2.Cl. The predicted molar refractivity (Wildman–Crippen MR) is 108 cm³/mol. The summed E-state index contributed by atoms with van der Waals surface area (Å²) in [5.41, 5.74) is 7.64. The van der Waals surface area contributed by atoms with Gasteiger partial charge in [-0.2, -0.15) is 0 Å². The van der Waals surface area contributed by atoms with E-state index in [-0.39, 0.29) is 18.0 Å². The van der Waals surface area contributed by atoms with Gasteiger partial charge in [-0.25, -0.2) is 4.98 Å². The van der Waals surface area contributed by atoms with Crippen LogP contribution in [0.15, 0.2) is 30.9 Å². The van der Waals surface area contributed by atoms with Crippen LogP contribution in [-0.4, -0.2) is 45.5 Å². The zero-order valence-electron chi connectivity index (χ0n) is 16.4. The Morgan fingerprint density at radius 1 is 1.36 bits per heavy atom. The third kappa shape index (κ3) is 3.43. The first kappa shape index (κ1) is 20.8. The van der Waals surface area contributed by atoms with Crippen molar-refractivity contribution >= 4 is 18.3 Å². The molecular formula is C20H28ClN5O2. The van der Waals surface area contributed by atoms with Crippen molar-refractivity contribution in [3.8, 4) is 0 Å². The molecule has 3 heterocycles. The minimum atomic E-state index is -0.498. The van der Waals surface area contributed by atoms with Crippen LogP contribution in [0.3, 0.4) is 0 Å². The number of aryl methyl sites for hydroxylation is 1. The van der Waals surface area contributed by atoms with Gasteiger partial charge in [0.1, 0.15) is 11.3 Å². The van der Waals surface area contributed by atoms with Gasteiger partial charge in [0.15, 0.2) is 0 Å². The number of imidazole rings is 1. The third-order valence-corrected chi connectivity index (χ3v) is 6.38. The average Bonchev–Trinajstić information content (AvgIpc) is 3.05. The maximum atomic E-state index is 11.6. The van der Waals surface area contributed by atoms with Crippen LogP contribution >= 0.6 is 12.4 Å². The normalized spacial score (nSPS) is 27.2. The molecule has 2 bridgehead atoms. The van der Waals surface area contributed by atoms with E-state index in [9.17, 15) is 4.79 Å². The summed E-state index contributed by atoms with van der Waals surface area (Å²) in [6.07, 6.45) is 8.90. The summed E-state index contributed by atoms with van der Waals surface area (Å²) in [5.74, 6) is 0.236. The Kier molecular flexibility index (Phi) is 6.07. The van der Waals surface area contributed by atoms with Crippen molar-refractivity contribution < 1.29 is 9.53 Å². The highest BCUT2D eigenvalue weighted by atomic mass is 35.5. The fraction of sp³-hybridized carbons (Fsp3) is 0.550. The molecule has 1 aliphatic carbocycles. The summed E-state index contributed by atoms with van der Waals surface area (Å²) in [5, 5.41) is 0. The molecule has 152 valence electrons. The Balaban J connectivity index is 0.00000225. The Hall–Kier alpha value is -1.96. The largest absolute Gasteiger partial charge is 0.373 e. The smallest absolute Gasteiger partial charge is 0.267 e. The van der Waals surface area contributed by atoms with Crippen molar-refractivity contribution in [2.45, 2.75) is 31.4 Å². The number of rotatable bonds is 5. The molecule has 1 saturated carbocycles. The summed E-state index contributed by atoms with van der Waals surface area (Å²) in [6, 6.07) is 3.81. The molecule has 0 radical (unpaired) electrons. The van der Waals surface area contributed by atoms with Crippen LogP contribution in [0.25, 0.3) is 0 Å². The van der Waals surface area contributed by atoms with Crippen LogP contribution in [0.1, 0.15) is 41.0 Å². The maximum Gasteiger partial charge on any atom is 0.267 e. The number of carbonyl (C=O) groups excluding carboxylic acids is 1. The van der Waals surface area contributed by atoms with E-state index in [0.717, 1.165) is 38.0 Å². The topological polar surface area (TPSA) is 86.3 Å². The second-order valence-electron chi connectivity index (χ2n) is 7.81. The highest BCUT2D eigenvalue weighted by Crippen LogP contribution is 2.51. The molecule has 28 heavy (non-hydrogen) atoms. The predicted octanol–water partition coefficient (Wildman–Crippen LogP) is 2.11. The van der Waals surface area contributed by atoms with Crippen molar-refractivity contribution in [3.63, 3.8) is 0 Å². The molecule has 1 unspecified atom stereocenters. The van der Waals surface area contributed by atoms with Crippen LogP contribution in [0, 0.1) is 11.8 Å². The Bertz CT molecular complexity index is 826. The lowest BCUT2D eigenvalue weighted by atomic mass is 9.62. The number of fused-ring (bicyclic) bond motifs is 2. The highest BCUT2D eigenvalue weighted by molar-refractivity contribution is 5.90. The fourth-order valence-electron chi connectivity index (χ4n) is 5.15. The van der Waals surface area contributed by atoms with Crippen molar-refractivity contribution in [3.05, 3.63) is 47.8 Å². The molecule has 1 saturated heterocycles.